The second-order valence-corrected chi connectivity index (χ2v) is 5.38. The normalized spacial score (nSPS) is 17.4. The average Bonchev–Trinajstić information content (AvgIpc) is 3.10. The maximum absolute atomic E-state index is 5.78. The summed E-state index contributed by atoms with van der Waals surface area (Å²) in [5, 5.41) is 0. The van der Waals surface area contributed by atoms with E-state index >= 15 is 0 Å². The molecular formula is C13H18BrNO. The van der Waals surface area contributed by atoms with Gasteiger partial charge in [-0.2, -0.15) is 0 Å². The van der Waals surface area contributed by atoms with E-state index in [1.54, 1.807) is 0 Å². The molecule has 1 unspecified atom stereocenters. The topological polar surface area (TPSA) is 35.2 Å². The van der Waals surface area contributed by atoms with Crippen LogP contribution in [0.15, 0.2) is 28.7 Å². The Hall–Kier alpha value is -0.380. The predicted octanol–water partition coefficient (Wildman–Crippen LogP) is 2.92. The molecule has 88 valence electrons. The fourth-order valence-electron chi connectivity index (χ4n) is 1.70. The molecule has 1 saturated carbocycles. The Balaban J connectivity index is 1.84. The van der Waals surface area contributed by atoms with Crippen LogP contribution >= 0.6 is 15.9 Å². The van der Waals surface area contributed by atoms with Gasteiger partial charge in [0, 0.05) is 23.5 Å². The lowest BCUT2D eigenvalue weighted by Crippen LogP contribution is -2.18. The number of hydrogen-bond acceptors (Lipinski definition) is 2. The van der Waals surface area contributed by atoms with E-state index < -0.39 is 0 Å². The van der Waals surface area contributed by atoms with Gasteiger partial charge in [-0.3, -0.25) is 0 Å². The number of ether oxygens (including phenoxy) is 1. The van der Waals surface area contributed by atoms with Crippen LogP contribution in [0.2, 0.25) is 0 Å². The van der Waals surface area contributed by atoms with Crippen LogP contribution in [0.3, 0.4) is 0 Å². The molecule has 2 nitrogen and oxygen atoms in total. The summed E-state index contributed by atoms with van der Waals surface area (Å²) in [6.45, 7) is 2.30. The molecule has 1 aliphatic rings. The van der Waals surface area contributed by atoms with Gasteiger partial charge in [0.1, 0.15) is 0 Å². The van der Waals surface area contributed by atoms with E-state index in [-0.39, 0.29) is 0 Å². The average molecular weight is 284 g/mol. The van der Waals surface area contributed by atoms with Crippen LogP contribution in [0.4, 0.5) is 0 Å². The van der Waals surface area contributed by atoms with Crippen LogP contribution in [-0.4, -0.2) is 19.8 Å². The first kappa shape index (κ1) is 12.1. The van der Waals surface area contributed by atoms with Gasteiger partial charge in [0.2, 0.25) is 0 Å². The Labute approximate surface area is 105 Å². The highest BCUT2D eigenvalue weighted by Gasteiger charge is 2.21. The molecule has 1 fully saturated rings. The fraction of sp³-hybridized carbons (Fsp3) is 0.538. The van der Waals surface area contributed by atoms with E-state index in [2.05, 4.69) is 40.2 Å². The van der Waals surface area contributed by atoms with Gasteiger partial charge in [-0.15, -0.1) is 0 Å². The van der Waals surface area contributed by atoms with Gasteiger partial charge in [-0.05, 0) is 36.5 Å². The summed E-state index contributed by atoms with van der Waals surface area (Å²) in [6, 6.07) is 8.34. The lowest BCUT2D eigenvalue weighted by molar-refractivity contribution is 0.112. The summed E-state index contributed by atoms with van der Waals surface area (Å²) in [4.78, 5) is 0. The van der Waals surface area contributed by atoms with Gasteiger partial charge in [-0.25, -0.2) is 0 Å². The zero-order valence-electron chi connectivity index (χ0n) is 9.36. The van der Waals surface area contributed by atoms with E-state index in [0.717, 1.165) is 23.6 Å². The molecule has 16 heavy (non-hydrogen) atoms. The van der Waals surface area contributed by atoms with Crippen LogP contribution in [0.25, 0.3) is 0 Å². The molecule has 0 radical (unpaired) electrons. The number of rotatable bonds is 6. The van der Waals surface area contributed by atoms with Crippen LogP contribution < -0.4 is 5.73 Å². The molecule has 0 heterocycles. The summed E-state index contributed by atoms with van der Waals surface area (Å²) < 4.78 is 6.81. The molecule has 2 N–H and O–H groups in total. The Bertz CT molecular complexity index is 321. The summed E-state index contributed by atoms with van der Waals surface area (Å²) in [5.74, 6) is 1.15. The van der Waals surface area contributed by atoms with Gasteiger partial charge in [0.25, 0.3) is 0 Å². The fourth-order valence-corrected chi connectivity index (χ4v) is 1.96. The molecule has 0 amide bonds. The predicted molar refractivity (Wildman–Crippen MR) is 69.5 cm³/mol. The standard InChI is InChI=1S/C13H18BrNO/c14-13-5-3-11(4-6-13)12(7-15)9-16-8-10-1-2-10/h3-6,10,12H,1-2,7-9,15H2. The largest absolute Gasteiger partial charge is 0.380 e. The summed E-state index contributed by atoms with van der Waals surface area (Å²) in [5.41, 5.74) is 7.05. The van der Waals surface area contributed by atoms with Crippen LogP contribution in [0, 0.1) is 5.92 Å². The minimum Gasteiger partial charge on any atom is -0.380 e. The van der Waals surface area contributed by atoms with E-state index in [0.29, 0.717) is 12.5 Å². The highest BCUT2D eigenvalue weighted by atomic mass is 79.9. The molecule has 3 heteroatoms. The number of nitrogens with two attached hydrogens (primary N) is 1. The monoisotopic (exact) mass is 283 g/mol. The summed E-state index contributed by atoms with van der Waals surface area (Å²) >= 11 is 3.43. The molecule has 1 aromatic carbocycles. The van der Waals surface area contributed by atoms with Crippen molar-refractivity contribution in [1.82, 2.24) is 0 Å². The molecular weight excluding hydrogens is 266 g/mol. The van der Waals surface area contributed by atoms with Gasteiger partial charge >= 0.3 is 0 Å². The Kier molecular flexibility index (Phi) is 4.38. The van der Waals surface area contributed by atoms with Crippen molar-refractivity contribution in [3.8, 4) is 0 Å². The molecule has 1 aromatic rings. The Morgan fingerprint density at radius 1 is 1.31 bits per heavy atom. The lowest BCUT2D eigenvalue weighted by Gasteiger charge is -2.15. The van der Waals surface area contributed by atoms with Gasteiger partial charge in [-0.1, -0.05) is 28.1 Å². The van der Waals surface area contributed by atoms with Gasteiger partial charge in [0.15, 0.2) is 0 Å². The molecule has 0 aromatic heterocycles. The quantitative estimate of drug-likeness (QED) is 0.871. The van der Waals surface area contributed by atoms with Gasteiger partial charge in [0.05, 0.1) is 6.61 Å². The SMILES string of the molecule is NCC(COCC1CC1)c1ccc(Br)cc1. The zero-order chi connectivity index (χ0) is 11.4. The van der Waals surface area contributed by atoms with Crippen LogP contribution in [0.5, 0.6) is 0 Å². The van der Waals surface area contributed by atoms with Crippen molar-refractivity contribution in [2.45, 2.75) is 18.8 Å². The van der Waals surface area contributed by atoms with Crippen molar-refractivity contribution in [2.75, 3.05) is 19.8 Å². The van der Waals surface area contributed by atoms with Crippen molar-refractivity contribution in [3.05, 3.63) is 34.3 Å². The van der Waals surface area contributed by atoms with E-state index in [4.69, 9.17) is 10.5 Å². The number of halogens is 1. The molecule has 1 atom stereocenters. The maximum Gasteiger partial charge on any atom is 0.0547 e. The lowest BCUT2D eigenvalue weighted by atomic mass is 10.0. The van der Waals surface area contributed by atoms with Crippen molar-refractivity contribution in [1.29, 1.82) is 0 Å². The molecule has 1 aliphatic carbocycles. The Morgan fingerprint density at radius 2 is 2.00 bits per heavy atom. The first-order valence-electron chi connectivity index (χ1n) is 5.83. The zero-order valence-corrected chi connectivity index (χ0v) is 10.9. The third-order valence-electron chi connectivity index (χ3n) is 3.00. The van der Waals surface area contributed by atoms with Crippen LogP contribution in [-0.2, 0) is 4.74 Å². The Morgan fingerprint density at radius 3 is 2.56 bits per heavy atom. The summed E-state index contributed by atoms with van der Waals surface area (Å²) in [7, 11) is 0. The third-order valence-corrected chi connectivity index (χ3v) is 3.52. The number of benzene rings is 1. The van der Waals surface area contributed by atoms with Crippen molar-refractivity contribution >= 4 is 15.9 Å². The second-order valence-electron chi connectivity index (χ2n) is 4.47. The third kappa shape index (κ3) is 3.58. The van der Waals surface area contributed by atoms with E-state index in [9.17, 15) is 0 Å². The minimum absolute atomic E-state index is 0.326. The smallest absolute Gasteiger partial charge is 0.0547 e. The van der Waals surface area contributed by atoms with Crippen molar-refractivity contribution in [2.24, 2.45) is 11.7 Å². The minimum atomic E-state index is 0.326. The molecule has 0 bridgehead atoms. The first-order chi connectivity index (χ1) is 7.79. The molecule has 2 rings (SSSR count). The molecule has 0 spiro atoms. The molecule has 0 aliphatic heterocycles. The number of hydrogen-bond donors (Lipinski definition) is 1. The van der Waals surface area contributed by atoms with E-state index in [1.807, 2.05) is 0 Å². The van der Waals surface area contributed by atoms with Gasteiger partial charge < -0.3 is 10.5 Å². The summed E-state index contributed by atoms with van der Waals surface area (Å²) in [6.07, 6.45) is 2.68. The maximum atomic E-state index is 5.78. The first-order valence-corrected chi connectivity index (χ1v) is 6.62. The highest BCUT2D eigenvalue weighted by Crippen LogP contribution is 2.29. The second kappa shape index (κ2) is 5.80. The van der Waals surface area contributed by atoms with Crippen LogP contribution in [0.1, 0.15) is 24.3 Å². The van der Waals surface area contributed by atoms with E-state index in [1.165, 1.54) is 18.4 Å². The highest BCUT2D eigenvalue weighted by molar-refractivity contribution is 9.10. The molecule has 0 saturated heterocycles. The van der Waals surface area contributed by atoms with Crippen molar-refractivity contribution < 1.29 is 4.74 Å². The van der Waals surface area contributed by atoms with Crippen molar-refractivity contribution in [3.63, 3.8) is 0 Å².